The molecule has 156 valence electrons. The van der Waals surface area contributed by atoms with Crippen molar-refractivity contribution in [3.05, 3.63) is 62.9 Å². The lowest BCUT2D eigenvalue weighted by molar-refractivity contribution is -0.116. The first-order valence-corrected chi connectivity index (χ1v) is 9.63. The molecule has 0 aliphatic carbocycles. The lowest BCUT2D eigenvalue weighted by Crippen LogP contribution is -2.34. The number of likely N-dealkylation sites (N-methyl/N-ethyl adjacent to an activating group) is 1. The molecule has 0 radical (unpaired) electrons. The standard InChI is InChI=1S/C20H27N5O4/c1-3-24(4-2)14-11-21-19(28)15-5-7-16(8-6-15)22-17(26)9-12-25-13-10-18(27)23-20(25)29/h5-8,10,13H,3-4,9,11-12,14H2,1-2H3,(H,21,28)(H,22,26)(H,23,27,29). The van der Waals surface area contributed by atoms with Crippen molar-refractivity contribution in [3.8, 4) is 0 Å². The molecule has 0 saturated heterocycles. The molecule has 0 unspecified atom stereocenters. The number of aromatic amines is 1. The van der Waals surface area contributed by atoms with Gasteiger partial charge in [-0.25, -0.2) is 4.79 Å². The van der Waals surface area contributed by atoms with E-state index in [2.05, 4.69) is 34.4 Å². The van der Waals surface area contributed by atoms with Crippen molar-refractivity contribution >= 4 is 17.5 Å². The van der Waals surface area contributed by atoms with Crippen LogP contribution in [0, 0.1) is 0 Å². The molecule has 0 atom stereocenters. The van der Waals surface area contributed by atoms with Gasteiger partial charge in [0.25, 0.3) is 11.5 Å². The molecule has 1 heterocycles. The molecule has 9 nitrogen and oxygen atoms in total. The van der Waals surface area contributed by atoms with E-state index in [1.54, 1.807) is 24.3 Å². The summed E-state index contributed by atoms with van der Waals surface area (Å²) in [4.78, 5) is 51.2. The number of aromatic nitrogens is 2. The Hall–Kier alpha value is -3.20. The SMILES string of the molecule is CCN(CC)CCNC(=O)c1ccc(NC(=O)CCn2ccc(=O)[nH]c2=O)cc1. The van der Waals surface area contributed by atoms with Gasteiger partial charge in [-0.05, 0) is 37.4 Å². The molecule has 1 aromatic heterocycles. The number of nitrogens with zero attached hydrogens (tertiary/aromatic N) is 2. The van der Waals surface area contributed by atoms with Crippen molar-refractivity contribution in [1.82, 2.24) is 19.8 Å². The quantitative estimate of drug-likeness (QED) is 0.540. The van der Waals surface area contributed by atoms with E-state index >= 15 is 0 Å². The molecule has 0 spiro atoms. The van der Waals surface area contributed by atoms with Gasteiger partial charge < -0.3 is 20.1 Å². The number of amides is 2. The summed E-state index contributed by atoms with van der Waals surface area (Å²) in [5.74, 6) is -0.438. The van der Waals surface area contributed by atoms with Crippen LogP contribution in [0.3, 0.4) is 0 Å². The second kappa shape index (κ2) is 11.0. The zero-order valence-corrected chi connectivity index (χ0v) is 16.7. The number of anilines is 1. The molecule has 29 heavy (non-hydrogen) atoms. The lowest BCUT2D eigenvalue weighted by Gasteiger charge is -2.18. The molecule has 0 aliphatic heterocycles. The van der Waals surface area contributed by atoms with Gasteiger partial charge in [0, 0.05) is 49.6 Å². The summed E-state index contributed by atoms with van der Waals surface area (Å²) in [5.41, 5.74) is 0.0420. The first kappa shape index (κ1) is 22.1. The molecule has 2 aromatic rings. The first-order valence-electron chi connectivity index (χ1n) is 9.63. The molecule has 0 fully saturated rings. The highest BCUT2D eigenvalue weighted by Gasteiger charge is 2.08. The molecule has 0 saturated carbocycles. The molecule has 0 bridgehead atoms. The van der Waals surface area contributed by atoms with Crippen molar-refractivity contribution in [1.29, 1.82) is 0 Å². The number of carbonyl (C=O) groups excluding carboxylic acids is 2. The van der Waals surface area contributed by atoms with Crippen LogP contribution in [0.4, 0.5) is 5.69 Å². The molecule has 9 heteroatoms. The zero-order chi connectivity index (χ0) is 21.2. The highest BCUT2D eigenvalue weighted by Crippen LogP contribution is 2.10. The lowest BCUT2D eigenvalue weighted by atomic mass is 10.2. The van der Waals surface area contributed by atoms with E-state index in [0.717, 1.165) is 19.6 Å². The summed E-state index contributed by atoms with van der Waals surface area (Å²) in [6.45, 7) is 7.56. The van der Waals surface area contributed by atoms with Crippen LogP contribution in [-0.2, 0) is 11.3 Å². The van der Waals surface area contributed by atoms with Crippen LogP contribution in [0.2, 0.25) is 0 Å². The number of carbonyl (C=O) groups is 2. The fourth-order valence-electron chi connectivity index (χ4n) is 2.74. The number of hydrogen-bond donors (Lipinski definition) is 3. The van der Waals surface area contributed by atoms with Crippen LogP contribution < -0.4 is 21.9 Å². The fourth-order valence-corrected chi connectivity index (χ4v) is 2.74. The van der Waals surface area contributed by atoms with Crippen molar-refractivity contribution in [2.75, 3.05) is 31.5 Å². The first-order chi connectivity index (χ1) is 13.9. The van der Waals surface area contributed by atoms with Gasteiger partial charge in [0.2, 0.25) is 5.91 Å². The summed E-state index contributed by atoms with van der Waals surface area (Å²) in [6, 6.07) is 7.83. The van der Waals surface area contributed by atoms with Crippen molar-refractivity contribution in [2.24, 2.45) is 0 Å². The molecule has 0 aliphatic rings. The van der Waals surface area contributed by atoms with E-state index in [0.29, 0.717) is 17.8 Å². The number of aryl methyl sites for hydroxylation is 1. The molecular formula is C20H27N5O4. The van der Waals surface area contributed by atoms with E-state index in [-0.39, 0.29) is 24.8 Å². The number of H-pyrrole nitrogens is 1. The van der Waals surface area contributed by atoms with Gasteiger partial charge >= 0.3 is 5.69 Å². The predicted octanol–water partition coefficient (Wildman–Crippen LogP) is 0.637. The Morgan fingerprint density at radius 3 is 2.38 bits per heavy atom. The van der Waals surface area contributed by atoms with E-state index in [9.17, 15) is 19.2 Å². The van der Waals surface area contributed by atoms with Gasteiger partial charge in [0.1, 0.15) is 0 Å². The Bertz CT molecular complexity index is 929. The number of rotatable bonds is 10. The monoisotopic (exact) mass is 401 g/mol. The van der Waals surface area contributed by atoms with Gasteiger partial charge in [-0.1, -0.05) is 13.8 Å². The third kappa shape index (κ3) is 7.04. The van der Waals surface area contributed by atoms with Crippen molar-refractivity contribution in [2.45, 2.75) is 26.8 Å². The summed E-state index contributed by atoms with van der Waals surface area (Å²) in [5, 5.41) is 5.60. The second-order valence-electron chi connectivity index (χ2n) is 6.46. The number of hydrogen-bond acceptors (Lipinski definition) is 5. The molecular weight excluding hydrogens is 374 g/mol. The Balaban J connectivity index is 1.81. The fraction of sp³-hybridized carbons (Fsp3) is 0.400. The van der Waals surface area contributed by atoms with Crippen LogP contribution in [0.15, 0.2) is 46.1 Å². The van der Waals surface area contributed by atoms with Gasteiger partial charge in [-0.2, -0.15) is 0 Å². The second-order valence-corrected chi connectivity index (χ2v) is 6.46. The third-order valence-corrected chi connectivity index (χ3v) is 4.52. The zero-order valence-electron chi connectivity index (χ0n) is 16.7. The normalized spacial score (nSPS) is 10.7. The molecule has 3 N–H and O–H groups in total. The maximum atomic E-state index is 12.2. The minimum Gasteiger partial charge on any atom is -0.351 e. The van der Waals surface area contributed by atoms with E-state index in [4.69, 9.17) is 0 Å². The van der Waals surface area contributed by atoms with Gasteiger partial charge in [0.15, 0.2) is 0 Å². The van der Waals surface area contributed by atoms with Gasteiger partial charge in [-0.3, -0.25) is 19.4 Å². The van der Waals surface area contributed by atoms with E-state index in [1.165, 1.54) is 16.8 Å². The predicted molar refractivity (Wildman–Crippen MR) is 111 cm³/mol. The van der Waals surface area contributed by atoms with Crippen LogP contribution in [0.25, 0.3) is 0 Å². The van der Waals surface area contributed by atoms with Crippen molar-refractivity contribution < 1.29 is 9.59 Å². The van der Waals surface area contributed by atoms with Crippen molar-refractivity contribution in [3.63, 3.8) is 0 Å². The highest BCUT2D eigenvalue weighted by molar-refractivity contribution is 5.95. The minimum absolute atomic E-state index is 0.0690. The maximum Gasteiger partial charge on any atom is 0.328 e. The summed E-state index contributed by atoms with van der Waals surface area (Å²) in [6.07, 6.45) is 1.42. The average molecular weight is 401 g/mol. The van der Waals surface area contributed by atoms with Gasteiger partial charge in [0.05, 0.1) is 0 Å². The number of benzene rings is 1. The Labute approximate surface area is 168 Å². The molecule has 1 aromatic carbocycles. The Morgan fingerprint density at radius 2 is 1.76 bits per heavy atom. The number of nitrogens with one attached hydrogen (secondary N) is 3. The highest BCUT2D eigenvalue weighted by atomic mass is 16.2. The van der Waals surface area contributed by atoms with Gasteiger partial charge in [-0.15, -0.1) is 0 Å². The minimum atomic E-state index is -0.554. The largest absolute Gasteiger partial charge is 0.351 e. The smallest absolute Gasteiger partial charge is 0.328 e. The summed E-state index contributed by atoms with van der Waals surface area (Å²) >= 11 is 0. The maximum absolute atomic E-state index is 12.2. The Morgan fingerprint density at radius 1 is 1.07 bits per heavy atom. The van der Waals surface area contributed by atoms with Crippen LogP contribution in [-0.4, -0.2) is 52.4 Å². The third-order valence-electron chi connectivity index (χ3n) is 4.52. The topological polar surface area (TPSA) is 116 Å². The van der Waals surface area contributed by atoms with Crippen LogP contribution in [0.1, 0.15) is 30.6 Å². The molecule has 2 amide bonds. The summed E-state index contributed by atoms with van der Waals surface area (Å²) < 4.78 is 1.26. The Kier molecular flexibility index (Phi) is 8.35. The van der Waals surface area contributed by atoms with Crippen LogP contribution in [0.5, 0.6) is 0 Å². The van der Waals surface area contributed by atoms with E-state index in [1.807, 2.05) is 0 Å². The molecule has 2 rings (SSSR count). The van der Waals surface area contributed by atoms with Crippen LogP contribution >= 0.6 is 0 Å². The summed E-state index contributed by atoms with van der Waals surface area (Å²) in [7, 11) is 0. The average Bonchev–Trinajstić information content (AvgIpc) is 2.71. The van der Waals surface area contributed by atoms with E-state index < -0.39 is 11.2 Å².